The van der Waals surface area contributed by atoms with Gasteiger partial charge >= 0.3 is 12.1 Å². The molecule has 2 saturated heterocycles. The average molecular weight is 579 g/mol. The number of carbonyl (C=O) groups excluding carboxylic acids is 3. The van der Waals surface area contributed by atoms with Crippen LogP contribution in [0.25, 0.3) is 11.4 Å². The first-order valence-corrected chi connectivity index (χ1v) is 14.7. The van der Waals surface area contributed by atoms with Crippen LogP contribution >= 0.6 is 0 Å². The van der Waals surface area contributed by atoms with Crippen LogP contribution in [0.1, 0.15) is 43.6 Å². The van der Waals surface area contributed by atoms with Gasteiger partial charge in [-0.15, -0.1) is 0 Å². The molecule has 3 aliphatic rings. The molecule has 1 aromatic heterocycles. The lowest BCUT2D eigenvalue weighted by Gasteiger charge is -2.35. The number of hydrogen-bond donors (Lipinski definition) is 2. The number of aliphatic carboxylic acids is 1. The Morgan fingerprint density at radius 3 is 2.29 bits per heavy atom. The number of nitrogens with one attached hydrogen (secondary N) is 1. The van der Waals surface area contributed by atoms with Crippen LogP contribution in [0.3, 0.4) is 0 Å². The number of carboxylic acids is 1. The van der Waals surface area contributed by atoms with Crippen LogP contribution in [0.15, 0.2) is 36.4 Å². The number of fused-ring (bicyclic) bond motifs is 1. The number of rotatable bonds is 10. The minimum atomic E-state index is -0.763. The van der Waals surface area contributed by atoms with Crippen molar-refractivity contribution in [2.45, 2.75) is 39.2 Å². The number of aromatic nitrogens is 2. The van der Waals surface area contributed by atoms with E-state index in [4.69, 9.17) is 9.72 Å². The fourth-order valence-electron chi connectivity index (χ4n) is 5.80. The highest BCUT2D eigenvalue weighted by molar-refractivity contribution is 5.97. The monoisotopic (exact) mass is 578 g/mol. The third-order valence-corrected chi connectivity index (χ3v) is 8.37. The lowest BCUT2D eigenvalue weighted by molar-refractivity contribution is -0.139. The van der Waals surface area contributed by atoms with Crippen molar-refractivity contribution in [3.05, 3.63) is 42.1 Å². The fraction of sp³-hybridized carbons (Fsp3) is 0.533. The van der Waals surface area contributed by atoms with Crippen LogP contribution in [0.2, 0.25) is 0 Å². The van der Waals surface area contributed by atoms with Gasteiger partial charge in [-0.25, -0.2) is 14.8 Å². The maximum Gasteiger partial charge on any atom is 0.409 e. The summed E-state index contributed by atoms with van der Waals surface area (Å²) in [5, 5.41) is 12.3. The van der Waals surface area contributed by atoms with Gasteiger partial charge in [0.25, 0.3) is 5.91 Å². The Hall–Kier alpha value is -4.22. The summed E-state index contributed by atoms with van der Waals surface area (Å²) in [6.07, 6.45) is 1.78. The number of piperazine rings is 1. The lowest BCUT2D eigenvalue weighted by Crippen LogP contribution is -2.55. The van der Waals surface area contributed by atoms with Crippen LogP contribution in [0.4, 0.5) is 10.6 Å². The Balaban J connectivity index is 1.26. The molecule has 2 unspecified atom stereocenters. The number of anilines is 1. The average Bonchev–Trinajstić information content (AvgIpc) is 3.53. The summed E-state index contributed by atoms with van der Waals surface area (Å²) in [4.78, 5) is 65.1. The molecule has 42 heavy (non-hydrogen) atoms. The highest BCUT2D eigenvalue weighted by atomic mass is 16.6. The number of piperidine rings is 1. The summed E-state index contributed by atoms with van der Waals surface area (Å²) in [5.41, 5.74) is 0.885. The number of benzene rings is 1. The van der Waals surface area contributed by atoms with E-state index in [-0.39, 0.29) is 35.4 Å². The molecule has 1 saturated carbocycles. The fourth-order valence-corrected chi connectivity index (χ4v) is 5.80. The number of carboxylic acid groups (broad SMARTS) is 1. The third kappa shape index (κ3) is 6.32. The summed E-state index contributed by atoms with van der Waals surface area (Å²) in [6, 6.07) is 10.2. The van der Waals surface area contributed by atoms with Crippen LogP contribution in [0.5, 0.6) is 0 Å². The molecule has 4 atom stereocenters. The number of unbranched alkanes of at least 4 members (excludes halogenated alkanes) is 1. The number of hydrogen-bond acceptors (Lipinski definition) is 8. The molecule has 1 aliphatic carbocycles. The quantitative estimate of drug-likeness (QED) is 0.406. The molecular formula is C30H38N6O6. The van der Waals surface area contributed by atoms with Crippen LogP contribution < -0.4 is 10.2 Å². The van der Waals surface area contributed by atoms with E-state index in [1.807, 2.05) is 49.1 Å². The van der Waals surface area contributed by atoms with Crippen molar-refractivity contribution in [1.82, 2.24) is 25.1 Å². The normalized spacial score (nSPS) is 21.9. The summed E-state index contributed by atoms with van der Waals surface area (Å²) < 4.78 is 5.28. The first-order chi connectivity index (χ1) is 20.3. The number of carbonyl (C=O) groups is 4. The minimum absolute atomic E-state index is 0.0793. The van der Waals surface area contributed by atoms with E-state index in [1.165, 1.54) is 0 Å². The molecule has 2 aromatic rings. The number of amides is 3. The smallest absolute Gasteiger partial charge is 0.409 e. The van der Waals surface area contributed by atoms with Gasteiger partial charge in [-0.1, -0.05) is 50.6 Å². The Bertz CT molecular complexity index is 1300. The topological polar surface area (TPSA) is 145 Å². The predicted octanol–water partition coefficient (Wildman–Crippen LogP) is 2.50. The van der Waals surface area contributed by atoms with E-state index in [1.54, 1.807) is 15.9 Å². The van der Waals surface area contributed by atoms with E-state index in [2.05, 4.69) is 10.3 Å². The van der Waals surface area contributed by atoms with Gasteiger partial charge < -0.3 is 29.9 Å². The second-order valence-corrected chi connectivity index (χ2v) is 11.1. The molecule has 224 valence electrons. The highest BCUT2D eigenvalue weighted by Gasteiger charge is 2.60. The summed E-state index contributed by atoms with van der Waals surface area (Å²) in [5.74, 6) is -0.665. The Labute approximate surface area is 245 Å². The summed E-state index contributed by atoms with van der Waals surface area (Å²) >= 11 is 0. The molecule has 2 aliphatic heterocycles. The predicted molar refractivity (Wildman–Crippen MR) is 154 cm³/mol. The van der Waals surface area contributed by atoms with Crippen LogP contribution in [0, 0.1) is 17.8 Å². The summed E-state index contributed by atoms with van der Waals surface area (Å²) in [7, 11) is 0. The van der Waals surface area contributed by atoms with Gasteiger partial charge in [-0.05, 0) is 24.7 Å². The maximum atomic E-state index is 13.5. The van der Waals surface area contributed by atoms with E-state index < -0.39 is 17.9 Å². The third-order valence-electron chi connectivity index (χ3n) is 8.37. The zero-order chi connectivity index (χ0) is 29.8. The molecule has 3 amide bonds. The van der Waals surface area contributed by atoms with E-state index >= 15 is 0 Å². The van der Waals surface area contributed by atoms with Crippen LogP contribution in [-0.4, -0.2) is 101 Å². The molecule has 5 rings (SSSR count). The molecule has 0 radical (unpaired) electrons. The van der Waals surface area contributed by atoms with Gasteiger partial charge in [0, 0.05) is 50.9 Å². The largest absolute Gasteiger partial charge is 0.481 e. The van der Waals surface area contributed by atoms with Gasteiger partial charge in [0.05, 0.1) is 12.5 Å². The zero-order valence-corrected chi connectivity index (χ0v) is 24.1. The van der Waals surface area contributed by atoms with Gasteiger partial charge in [0.1, 0.15) is 17.6 Å². The molecule has 3 heterocycles. The number of ether oxygens (including phenoxy) is 1. The van der Waals surface area contributed by atoms with Crippen molar-refractivity contribution in [3.8, 4) is 11.4 Å². The zero-order valence-electron chi connectivity index (χ0n) is 24.1. The second-order valence-electron chi connectivity index (χ2n) is 11.1. The molecule has 3 fully saturated rings. The van der Waals surface area contributed by atoms with Crippen molar-refractivity contribution in [1.29, 1.82) is 0 Å². The standard InChI is InChI=1S/C30H38N6O6/c1-3-5-15-42-30(41)35-13-11-34(12-14-35)28(38)22(4-2)32-27(37)23-16-24(33-26(31-23)19-9-7-6-8-10-19)36-17-20-21(18-36)25(20)29(39)40/h6-10,16,20-22,25H,3-5,11-15,17-18H2,1-2H3,(H,32,37)(H,39,40)/t20-,21?,22-,25?/m1/s1. The highest BCUT2D eigenvalue weighted by Crippen LogP contribution is 2.52. The summed E-state index contributed by atoms with van der Waals surface area (Å²) in [6.45, 7) is 6.83. The van der Waals surface area contributed by atoms with Crippen molar-refractivity contribution < 1.29 is 29.0 Å². The molecule has 12 nitrogen and oxygen atoms in total. The van der Waals surface area contributed by atoms with Crippen molar-refractivity contribution in [3.63, 3.8) is 0 Å². The van der Waals surface area contributed by atoms with Gasteiger partial charge in [0.15, 0.2) is 5.82 Å². The van der Waals surface area contributed by atoms with E-state index in [0.29, 0.717) is 63.9 Å². The minimum Gasteiger partial charge on any atom is -0.481 e. The molecular weight excluding hydrogens is 540 g/mol. The first kappa shape index (κ1) is 29.3. The molecule has 12 heteroatoms. The lowest BCUT2D eigenvalue weighted by atomic mass is 10.1. The van der Waals surface area contributed by atoms with Crippen molar-refractivity contribution in [2.24, 2.45) is 17.8 Å². The van der Waals surface area contributed by atoms with Crippen LogP contribution in [-0.2, 0) is 14.3 Å². The molecule has 1 aromatic carbocycles. The SMILES string of the molecule is CCCCOC(=O)N1CCN(C(=O)[C@@H](CC)NC(=O)c2cc(N3CC4C(C(=O)O)[C@@H]4C3)nc(-c3ccccc3)n2)CC1. The number of nitrogens with zero attached hydrogens (tertiary/aromatic N) is 5. The second kappa shape index (κ2) is 12.7. The molecule has 2 N–H and O–H groups in total. The molecule has 0 spiro atoms. The maximum absolute atomic E-state index is 13.5. The van der Waals surface area contributed by atoms with E-state index in [0.717, 1.165) is 18.4 Å². The van der Waals surface area contributed by atoms with Crippen molar-refractivity contribution in [2.75, 3.05) is 50.8 Å². The van der Waals surface area contributed by atoms with Gasteiger partial charge in [-0.3, -0.25) is 14.4 Å². The Kier molecular flexibility index (Phi) is 8.89. The van der Waals surface area contributed by atoms with Crippen molar-refractivity contribution >= 4 is 29.7 Å². The van der Waals surface area contributed by atoms with E-state index in [9.17, 15) is 24.3 Å². The van der Waals surface area contributed by atoms with Gasteiger partial charge in [-0.2, -0.15) is 0 Å². The first-order valence-electron chi connectivity index (χ1n) is 14.7. The Morgan fingerprint density at radius 2 is 1.67 bits per heavy atom. The molecule has 0 bridgehead atoms. The van der Waals surface area contributed by atoms with Gasteiger partial charge in [0.2, 0.25) is 5.91 Å². The Morgan fingerprint density at radius 1 is 1.00 bits per heavy atom.